The average Bonchev–Trinajstić information content (AvgIpc) is 2.80. The smallest absolute Gasteiger partial charge is 0.0833 e. The second-order valence-electron chi connectivity index (χ2n) is 9.52. The second-order valence-corrected chi connectivity index (χ2v) is 9.52. The third kappa shape index (κ3) is 2.02. The Morgan fingerprint density at radius 2 is 1.92 bits per heavy atom. The van der Waals surface area contributed by atoms with Crippen LogP contribution in [0.3, 0.4) is 0 Å². The van der Waals surface area contributed by atoms with E-state index in [-0.39, 0.29) is 23.4 Å². The zero-order valence-corrected chi connectivity index (χ0v) is 15.1. The molecule has 0 aromatic carbocycles. The van der Waals surface area contributed by atoms with Crippen LogP contribution in [0.1, 0.15) is 71.6 Å². The van der Waals surface area contributed by atoms with E-state index in [4.69, 9.17) is 0 Å². The van der Waals surface area contributed by atoms with Crippen molar-refractivity contribution in [2.75, 3.05) is 0 Å². The summed E-state index contributed by atoms with van der Waals surface area (Å²) in [6, 6.07) is 2.25. The molecule has 0 amide bonds. The minimum Gasteiger partial charge on any atom is -0.393 e. The maximum absolute atomic E-state index is 11.2. The monoisotopic (exact) mass is 329 g/mol. The van der Waals surface area contributed by atoms with Gasteiger partial charge in [0.25, 0.3) is 0 Å². The van der Waals surface area contributed by atoms with Gasteiger partial charge in [-0.1, -0.05) is 25.5 Å². The number of aliphatic hydroxyl groups excluding tert-OH is 1. The van der Waals surface area contributed by atoms with Crippen LogP contribution in [0.5, 0.6) is 0 Å². The van der Waals surface area contributed by atoms with Crippen LogP contribution in [0.2, 0.25) is 0 Å². The molecule has 0 aromatic rings. The van der Waals surface area contributed by atoms with Gasteiger partial charge in [0, 0.05) is 5.41 Å². The summed E-state index contributed by atoms with van der Waals surface area (Å²) in [4.78, 5) is 0. The molecule has 4 aliphatic carbocycles. The first-order valence-corrected chi connectivity index (χ1v) is 9.81. The Morgan fingerprint density at radius 3 is 2.67 bits per heavy atom. The fourth-order valence-electron chi connectivity index (χ4n) is 7.17. The number of hydrogen-bond acceptors (Lipinski definition) is 3. The Labute approximate surface area is 145 Å². The fourth-order valence-corrected chi connectivity index (χ4v) is 7.17. The lowest BCUT2D eigenvalue weighted by atomic mass is 9.47. The minimum atomic E-state index is -0.787. The molecule has 3 heteroatoms. The maximum atomic E-state index is 11.2. The number of rotatable bonds is 1. The lowest BCUT2D eigenvalue weighted by Crippen LogP contribution is -2.54. The number of aliphatic hydroxyl groups is 2. The predicted molar refractivity (Wildman–Crippen MR) is 92.9 cm³/mol. The van der Waals surface area contributed by atoms with Crippen molar-refractivity contribution in [1.29, 1.82) is 5.26 Å². The van der Waals surface area contributed by atoms with Crippen LogP contribution in [-0.4, -0.2) is 21.9 Å². The van der Waals surface area contributed by atoms with Gasteiger partial charge in [0.1, 0.15) is 0 Å². The molecular formula is C21H31NO2. The number of allylic oxidation sites excluding steroid dienone is 1. The van der Waals surface area contributed by atoms with Gasteiger partial charge in [-0.25, -0.2) is 0 Å². The van der Waals surface area contributed by atoms with Crippen molar-refractivity contribution < 1.29 is 10.2 Å². The van der Waals surface area contributed by atoms with Crippen molar-refractivity contribution in [1.82, 2.24) is 0 Å². The van der Waals surface area contributed by atoms with E-state index in [2.05, 4.69) is 26.0 Å². The van der Waals surface area contributed by atoms with Gasteiger partial charge in [0.05, 0.1) is 24.2 Å². The van der Waals surface area contributed by atoms with E-state index in [0.29, 0.717) is 17.8 Å². The summed E-state index contributed by atoms with van der Waals surface area (Å²) in [5.41, 5.74) is 0.862. The molecule has 0 radical (unpaired) electrons. The van der Waals surface area contributed by atoms with Gasteiger partial charge in [-0.15, -0.1) is 0 Å². The minimum absolute atomic E-state index is 0.0974. The zero-order chi connectivity index (χ0) is 17.2. The Hall–Kier alpha value is -0.850. The van der Waals surface area contributed by atoms with Crippen molar-refractivity contribution in [3.8, 4) is 6.07 Å². The molecule has 4 aliphatic rings. The molecule has 0 bridgehead atoms. The van der Waals surface area contributed by atoms with Crippen LogP contribution in [0.15, 0.2) is 11.6 Å². The average molecular weight is 329 g/mol. The Balaban J connectivity index is 1.67. The number of hydrogen-bond donors (Lipinski definition) is 2. The quantitative estimate of drug-likeness (QED) is 0.716. The first kappa shape index (κ1) is 16.6. The van der Waals surface area contributed by atoms with E-state index in [1.165, 1.54) is 5.57 Å². The van der Waals surface area contributed by atoms with Gasteiger partial charge in [-0.3, -0.25) is 0 Å². The largest absolute Gasteiger partial charge is 0.393 e. The molecule has 3 fully saturated rings. The van der Waals surface area contributed by atoms with E-state index >= 15 is 0 Å². The van der Waals surface area contributed by atoms with Gasteiger partial charge in [-0.05, 0) is 74.5 Å². The highest BCUT2D eigenvalue weighted by Gasteiger charge is 2.63. The molecule has 3 nitrogen and oxygen atoms in total. The number of nitrogens with zero attached hydrogens (tertiary/aromatic N) is 1. The molecule has 3 saturated carbocycles. The highest BCUT2D eigenvalue weighted by atomic mass is 16.3. The van der Waals surface area contributed by atoms with Crippen molar-refractivity contribution in [2.24, 2.45) is 28.6 Å². The Kier molecular flexibility index (Phi) is 3.68. The molecule has 0 saturated heterocycles. The third-order valence-corrected chi connectivity index (χ3v) is 8.77. The summed E-state index contributed by atoms with van der Waals surface area (Å²) >= 11 is 0. The lowest BCUT2D eigenvalue weighted by molar-refractivity contribution is -0.122. The van der Waals surface area contributed by atoms with E-state index in [1.807, 2.05) is 0 Å². The summed E-state index contributed by atoms with van der Waals surface area (Å²) in [6.07, 6.45) is 10.6. The molecule has 0 aromatic heterocycles. The molecular weight excluding hydrogens is 298 g/mol. The second kappa shape index (κ2) is 5.32. The normalized spacial score (nSPS) is 53.4. The van der Waals surface area contributed by atoms with Gasteiger partial charge in [0.2, 0.25) is 0 Å². The maximum Gasteiger partial charge on any atom is 0.0833 e. The van der Waals surface area contributed by atoms with E-state index in [1.54, 1.807) is 0 Å². The molecule has 0 aliphatic heterocycles. The van der Waals surface area contributed by atoms with Crippen LogP contribution in [0.4, 0.5) is 0 Å². The van der Waals surface area contributed by atoms with Gasteiger partial charge in [0.15, 0.2) is 0 Å². The van der Waals surface area contributed by atoms with E-state index in [0.717, 1.165) is 51.4 Å². The standard InChI is InChI=1S/C21H31NO2/c1-19-8-5-15(23)13-14(19)3-4-16-17(19)6-9-20(2)18(16)7-10-21(20,24)11-12-22/h3,15-18,23-24H,4-11,13H2,1-2H3/t15?,16-,17-,18+,19+,20+,21?/m1/s1. The Bertz CT molecular complexity index is 607. The fraction of sp³-hybridized carbons (Fsp3) is 0.857. The summed E-state index contributed by atoms with van der Waals surface area (Å²) < 4.78 is 0. The molecule has 2 unspecified atom stereocenters. The molecule has 0 spiro atoms. The van der Waals surface area contributed by atoms with Crippen LogP contribution >= 0.6 is 0 Å². The number of fused-ring (bicyclic) bond motifs is 5. The first-order valence-electron chi connectivity index (χ1n) is 9.81. The van der Waals surface area contributed by atoms with Crippen LogP contribution < -0.4 is 0 Å². The van der Waals surface area contributed by atoms with Gasteiger partial charge in [-0.2, -0.15) is 5.26 Å². The molecule has 132 valence electrons. The third-order valence-electron chi connectivity index (χ3n) is 8.77. The van der Waals surface area contributed by atoms with Crippen LogP contribution in [-0.2, 0) is 0 Å². The van der Waals surface area contributed by atoms with Crippen molar-refractivity contribution in [2.45, 2.75) is 83.3 Å². The highest BCUT2D eigenvalue weighted by Crippen LogP contribution is 2.67. The summed E-state index contributed by atoms with van der Waals surface area (Å²) in [5, 5.41) is 30.5. The predicted octanol–water partition coefficient (Wildman–Crippen LogP) is 3.95. The first-order chi connectivity index (χ1) is 11.3. The zero-order valence-electron chi connectivity index (χ0n) is 15.1. The molecule has 4 rings (SSSR count). The van der Waals surface area contributed by atoms with E-state index in [9.17, 15) is 15.5 Å². The summed E-state index contributed by atoms with van der Waals surface area (Å²) in [5.74, 6) is 1.86. The summed E-state index contributed by atoms with van der Waals surface area (Å²) in [7, 11) is 0. The van der Waals surface area contributed by atoms with Crippen molar-refractivity contribution in [3.63, 3.8) is 0 Å². The van der Waals surface area contributed by atoms with Crippen molar-refractivity contribution in [3.05, 3.63) is 11.6 Å². The topological polar surface area (TPSA) is 64.2 Å². The lowest BCUT2D eigenvalue weighted by Gasteiger charge is -2.58. The molecule has 7 atom stereocenters. The molecule has 2 N–H and O–H groups in total. The highest BCUT2D eigenvalue weighted by molar-refractivity contribution is 5.26. The van der Waals surface area contributed by atoms with Gasteiger partial charge < -0.3 is 10.2 Å². The summed E-state index contributed by atoms with van der Waals surface area (Å²) in [6.45, 7) is 4.69. The molecule has 0 heterocycles. The number of nitriles is 1. The van der Waals surface area contributed by atoms with Crippen LogP contribution in [0.25, 0.3) is 0 Å². The Morgan fingerprint density at radius 1 is 1.17 bits per heavy atom. The van der Waals surface area contributed by atoms with Crippen LogP contribution in [0, 0.1) is 39.9 Å². The SMILES string of the molecule is C[C@]12CCC(O)CC1=CC[C@@H]1[C@H]2CC[C@@]2(C)[C@H]1CCC2(O)CC#N. The van der Waals surface area contributed by atoms with Crippen molar-refractivity contribution >= 4 is 0 Å². The van der Waals surface area contributed by atoms with Gasteiger partial charge >= 0.3 is 0 Å². The molecule has 24 heavy (non-hydrogen) atoms. The van der Waals surface area contributed by atoms with E-state index < -0.39 is 5.60 Å².